The van der Waals surface area contributed by atoms with E-state index in [1.54, 1.807) is 12.1 Å². The van der Waals surface area contributed by atoms with E-state index in [1.165, 1.54) is 28.2 Å². The van der Waals surface area contributed by atoms with E-state index >= 15 is 0 Å². The van der Waals surface area contributed by atoms with Crippen LogP contribution in [0.2, 0.25) is 0 Å². The number of amides is 1. The van der Waals surface area contributed by atoms with Crippen LogP contribution in [0.1, 0.15) is 22.2 Å². The molecular weight excluding hydrogens is 463 g/mol. The average molecular weight is 491 g/mol. The zero-order valence-electron chi connectivity index (χ0n) is 19.5. The molecule has 180 valence electrons. The summed E-state index contributed by atoms with van der Waals surface area (Å²) in [6, 6.07) is 19.7. The molecule has 3 heterocycles. The summed E-state index contributed by atoms with van der Waals surface area (Å²) < 4.78 is 15.5. The van der Waals surface area contributed by atoms with Gasteiger partial charge in [0.1, 0.15) is 5.82 Å². The van der Waals surface area contributed by atoms with Gasteiger partial charge in [0.05, 0.1) is 16.6 Å². The van der Waals surface area contributed by atoms with Gasteiger partial charge in [-0.3, -0.25) is 9.69 Å². The van der Waals surface area contributed by atoms with Gasteiger partial charge in [-0.1, -0.05) is 42.5 Å². The number of nitrogens with zero attached hydrogens (tertiary/aromatic N) is 5. The van der Waals surface area contributed by atoms with Gasteiger partial charge in [0.25, 0.3) is 5.91 Å². The van der Waals surface area contributed by atoms with Crippen LogP contribution in [-0.4, -0.2) is 70.2 Å². The minimum Gasteiger partial charge on any atom is -0.341 e. The number of piperazine rings is 1. The Hall–Kier alpha value is -3.40. The summed E-state index contributed by atoms with van der Waals surface area (Å²) in [6.45, 7) is 4.60. The van der Waals surface area contributed by atoms with E-state index in [9.17, 15) is 9.18 Å². The van der Waals surface area contributed by atoms with E-state index in [4.69, 9.17) is 0 Å². The predicted molar refractivity (Wildman–Crippen MR) is 135 cm³/mol. The molecule has 0 aliphatic carbocycles. The number of carbonyl (C=O) groups is 1. The lowest BCUT2D eigenvalue weighted by atomic mass is 10.1. The highest BCUT2D eigenvalue weighted by molar-refractivity contribution is 7.13. The van der Waals surface area contributed by atoms with Crippen LogP contribution in [0.25, 0.3) is 16.4 Å². The zero-order chi connectivity index (χ0) is 24.2. The topological polar surface area (TPSA) is 66.3 Å². The second-order valence-corrected chi connectivity index (χ2v) is 9.62. The van der Waals surface area contributed by atoms with Gasteiger partial charge >= 0.3 is 0 Å². The van der Waals surface area contributed by atoms with Crippen LogP contribution in [-0.2, 0) is 0 Å². The first kappa shape index (κ1) is 23.3. The number of carbonyl (C=O) groups excluding carboxylic acids is 1. The first-order valence-corrected chi connectivity index (χ1v) is 12.5. The van der Waals surface area contributed by atoms with E-state index in [0.29, 0.717) is 18.1 Å². The standard InChI is InChI=1S/C26H27FN6OS/c1-31-12-14-32(15-13-31)18-22(19-7-3-2-4-8-19)28-26(34)24-29-25(23-11-6-16-35-23)33(30-24)21-10-5-9-20(27)17-21/h2-11,16-17,22H,12-15,18H2,1H3,(H,28,34). The maximum atomic E-state index is 14.0. The average Bonchev–Trinajstić information content (AvgIpc) is 3.56. The van der Waals surface area contributed by atoms with Crippen LogP contribution in [0.5, 0.6) is 0 Å². The van der Waals surface area contributed by atoms with Crippen LogP contribution in [0, 0.1) is 5.82 Å². The van der Waals surface area contributed by atoms with Crippen molar-refractivity contribution >= 4 is 17.2 Å². The molecule has 1 aliphatic heterocycles. The van der Waals surface area contributed by atoms with Gasteiger partial charge in [-0.15, -0.1) is 16.4 Å². The Kier molecular flexibility index (Phi) is 6.98. The van der Waals surface area contributed by atoms with Crippen molar-refractivity contribution in [2.45, 2.75) is 6.04 Å². The number of likely N-dealkylation sites (N-methyl/N-ethyl adjacent to an activating group) is 1. The van der Waals surface area contributed by atoms with Gasteiger partial charge in [-0.05, 0) is 42.3 Å². The molecule has 1 N–H and O–H groups in total. The van der Waals surface area contributed by atoms with E-state index < -0.39 is 0 Å². The lowest BCUT2D eigenvalue weighted by molar-refractivity contribution is 0.0897. The van der Waals surface area contributed by atoms with E-state index in [0.717, 1.165) is 36.6 Å². The van der Waals surface area contributed by atoms with Crippen LogP contribution in [0.15, 0.2) is 72.1 Å². The van der Waals surface area contributed by atoms with Crippen molar-refractivity contribution in [3.63, 3.8) is 0 Å². The lowest BCUT2D eigenvalue weighted by Gasteiger charge is -2.34. The van der Waals surface area contributed by atoms with Gasteiger partial charge in [-0.25, -0.2) is 14.1 Å². The highest BCUT2D eigenvalue weighted by Gasteiger charge is 2.25. The summed E-state index contributed by atoms with van der Waals surface area (Å²) in [5.74, 6) is -0.179. The number of nitrogens with one attached hydrogen (secondary N) is 1. The smallest absolute Gasteiger partial charge is 0.291 e. The first-order valence-electron chi connectivity index (χ1n) is 11.6. The molecule has 1 amide bonds. The molecule has 1 aliphatic rings. The number of benzene rings is 2. The number of thiophene rings is 1. The predicted octanol–water partition coefficient (Wildman–Crippen LogP) is 3.85. The molecule has 9 heteroatoms. The fourth-order valence-corrected chi connectivity index (χ4v) is 4.89. The van der Waals surface area contributed by atoms with Crippen molar-refractivity contribution in [1.82, 2.24) is 29.9 Å². The highest BCUT2D eigenvalue weighted by Crippen LogP contribution is 2.26. The Labute approximate surface area is 207 Å². The Morgan fingerprint density at radius 1 is 1.06 bits per heavy atom. The summed E-state index contributed by atoms with van der Waals surface area (Å²) in [4.78, 5) is 23.5. The highest BCUT2D eigenvalue weighted by atomic mass is 32.1. The molecule has 0 bridgehead atoms. The lowest BCUT2D eigenvalue weighted by Crippen LogP contribution is -2.48. The molecule has 4 aromatic rings. The number of hydrogen-bond acceptors (Lipinski definition) is 6. The normalized spacial score (nSPS) is 15.7. The summed E-state index contributed by atoms with van der Waals surface area (Å²) in [6.07, 6.45) is 0. The largest absolute Gasteiger partial charge is 0.341 e. The van der Waals surface area contributed by atoms with Crippen molar-refractivity contribution in [3.05, 3.63) is 89.3 Å². The quantitative estimate of drug-likeness (QED) is 0.426. The molecule has 2 aromatic heterocycles. The van der Waals surface area contributed by atoms with E-state index in [2.05, 4.69) is 32.2 Å². The molecule has 0 radical (unpaired) electrons. The van der Waals surface area contributed by atoms with Crippen LogP contribution < -0.4 is 5.32 Å². The molecule has 1 fully saturated rings. The second-order valence-electron chi connectivity index (χ2n) is 8.67. The molecule has 35 heavy (non-hydrogen) atoms. The van der Waals surface area contributed by atoms with E-state index in [-0.39, 0.29) is 23.6 Å². The third kappa shape index (κ3) is 5.48. The van der Waals surface area contributed by atoms with Crippen molar-refractivity contribution in [1.29, 1.82) is 0 Å². The Morgan fingerprint density at radius 3 is 2.57 bits per heavy atom. The minimum absolute atomic E-state index is 0.0527. The van der Waals surface area contributed by atoms with Gasteiger partial charge in [0.15, 0.2) is 5.82 Å². The number of hydrogen-bond donors (Lipinski definition) is 1. The molecule has 2 aromatic carbocycles. The molecular formula is C26H27FN6OS. The van der Waals surface area contributed by atoms with Crippen molar-refractivity contribution < 1.29 is 9.18 Å². The summed E-state index contributed by atoms with van der Waals surface area (Å²) >= 11 is 1.49. The Morgan fingerprint density at radius 2 is 1.86 bits per heavy atom. The zero-order valence-corrected chi connectivity index (χ0v) is 20.3. The number of halogens is 1. The van der Waals surface area contributed by atoms with Crippen LogP contribution in [0.4, 0.5) is 4.39 Å². The molecule has 0 saturated carbocycles. The Balaban J connectivity index is 1.43. The maximum Gasteiger partial charge on any atom is 0.291 e. The number of aromatic nitrogens is 3. The monoisotopic (exact) mass is 490 g/mol. The van der Waals surface area contributed by atoms with Crippen molar-refractivity contribution in [2.24, 2.45) is 0 Å². The molecule has 1 atom stereocenters. The second kappa shape index (κ2) is 10.5. The molecule has 1 saturated heterocycles. The SMILES string of the molecule is CN1CCN(CC(NC(=O)c2nc(-c3cccs3)n(-c3cccc(F)c3)n2)c2ccccc2)CC1. The summed E-state index contributed by atoms with van der Waals surface area (Å²) in [7, 11) is 2.12. The van der Waals surface area contributed by atoms with Gasteiger partial charge < -0.3 is 10.2 Å². The Bertz CT molecular complexity index is 1270. The molecule has 0 spiro atoms. The third-order valence-corrected chi connectivity index (χ3v) is 7.01. The van der Waals surface area contributed by atoms with Gasteiger partial charge in [0, 0.05) is 32.7 Å². The minimum atomic E-state index is -0.377. The van der Waals surface area contributed by atoms with Crippen molar-refractivity contribution in [2.75, 3.05) is 39.8 Å². The molecule has 1 unspecified atom stereocenters. The van der Waals surface area contributed by atoms with Crippen LogP contribution >= 0.6 is 11.3 Å². The van der Waals surface area contributed by atoms with Crippen LogP contribution in [0.3, 0.4) is 0 Å². The van der Waals surface area contributed by atoms with Gasteiger partial charge in [-0.2, -0.15) is 0 Å². The maximum absolute atomic E-state index is 14.0. The fourth-order valence-electron chi connectivity index (χ4n) is 4.19. The van der Waals surface area contributed by atoms with Gasteiger partial charge in [0.2, 0.25) is 5.82 Å². The third-order valence-electron chi connectivity index (χ3n) is 6.15. The fraction of sp³-hybridized carbons (Fsp3) is 0.269. The number of rotatable bonds is 7. The summed E-state index contributed by atoms with van der Waals surface area (Å²) in [5, 5.41) is 9.58. The summed E-state index contributed by atoms with van der Waals surface area (Å²) in [5.41, 5.74) is 1.54. The molecule has 7 nitrogen and oxygen atoms in total. The van der Waals surface area contributed by atoms with Crippen molar-refractivity contribution in [3.8, 4) is 16.4 Å². The van der Waals surface area contributed by atoms with E-state index in [1.807, 2.05) is 47.8 Å². The first-order chi connectivity index (χ1) is 17.1. The molecule has 5 rings (SSSR count).